The van der Waals surface area contributed by atoms with Gasteiger partial charge in [-0.3, -0.25) is 4.79 Å². The number of hydrogen-bond acceptors (Lipinski definition) is 4. The smallest absolute Gasteiger partial charge is 0.229 e. The van der Waals surface area contributed by atoms with Crippen molar-refractivity contribution < 1.29 is 9.32 Å². The Balaban J connectivity index is 2.48. The zero-order valence-electron chi connectivity index (χ0n) is 8.63. The van der Waals surface area contributed by atoms with Gasteiger partial charge in [-0.25, -0.2) is 0 Å². The average Bonchev–Trinajstić information content (AvgIpc) is 2.51. The fourth-order valence-electron chi connectivity index (χ4n) is 1.07. The van der Waals surface area contributed by atoms with E-state index in [0.29, 0.717) is 18.1 Å². The topological polar surface area (TPSA) is 67.2 Å². The molecule has 1 aromatic heterocycles. The zero-order valence-corrected chi connectivity index (χ0v) is 8.63. The molecule has 0 aromatic carbocycles. The predicted molar refractivity (Wildman–Crippen MR) is 53.0 cm³/mol. The summed E-state index contributed by atoms with van der Waals surface area (Å²) in [6, 6.07) is 1.68. The molecule has 2 N–H and O–H groups in total. The molecule has 0 aliphatic carbocycles. The molecule has 0 fully saturated rings. The summed E-state index contributed by atoms with van der Waals surface area (Å²) in [5, 5.41) is 9.27. The standard InChI is InChI=1S/C9H15N3O2/c1-6(5-10-3)9(13)11-8-4-7(2)14-12-8/h4,6,10H,5H2,1-3H3,(H,11,12,13). The number of hydrogen-bond donors (Lipinski definition) is 2. The highest BCUT2D eigenvalue weighted by Crippen LogP contribution is 2.08. The summed E-state index contributed by atoms with van der Waals surface area (Å²) in [5.74, 6) is 1.00. The van der Waals surface area contributed by atoms with Crippen LogP contribution in [0, 0.1) is 12.8 Å². The van der Waals surface area contributed by atoms with Gasteiger partial charge in [-0.2, -0.15) is 0 Å². The molecule has 0 aliphatic rings. The van der Waals surface area contributed by atoms with E-state index in [-0.39, 0.29) is 11.8 Å². The Morgan fingerprint density at radius 1 is 1.71 bits per heavy atom. The number of aryl methyl sites for hydroxylation is 1. The minimum Gasteiger partial charge on any atom is -0.360 e. The van der Waals surface area contributed by atoms with Gasteiger partial charge in [-0.05, 0) is 14.0 Å². The molecule has 1 amide bonds. The molecule has 1 heterocycles. The molecule has 14 heavy (non-hydrogen) atoms. The largest absolute Gasteiger partial charge is 0.360 e. The minimum absolute atomic E-state index is 0.0624. The van der Waals surface area contributed by atoms with Gasteiger partial charge in [0.1, 0.15) is 5.76 Å². The Kier molecular flexibility index (Phi) is 3.64. The summed E-state index contributed by atoms with van der Waals surface area (Å²) in [6.07, 6.45) is 0. The maximum Gasteiger partial charge on any atom is 0.229 e. The van der Waals surface area contributed by atoms with Crippen molar-refractivity contribution in [3.8, 4) is 0 Å². The summed E-state index contributed by atoms with van der Waals surface area (Å²) in [5.41, 5.74) is 0. The maximum absolute atomic E-state index is 11.5. The Morgan fingerprint density at radius 3 is 2.93 bits per heavy atom. The molecule has 0 bridgehead atoms. The summed E-state index contributed by atoms with van der Waals surface area (Å²) >= 11 is 0. The molecule has 5 nitrogen and oxygen atoms in total. The van der Waals surface area contributed by atoms with E-state index in [1.165, 1.54) is 0 Å². The Hall–Kier alpha value is -1.36. The monoisotopic (exact) mass is 197 g/mol. The van der Waals surface area contributed by atoms with E-state index in [0.717, 1.165) is 0 Å². The van der Waals surface area contributed by atoms with E-state index in [4.69, 9.17) is 4.52 Å². The third-order valence-electron chi connectivity index (χ3n) is 1.84. The fourth-order valence-corrected chi connectivity index (χ4v) is 1.07. The van der Waals surface area contributed by atoms with Gasteiger partial charge in [0, 0.05) is 18.5 Å². The van der Waals surface area contributed by atoms with Crippen LogP contribution in [0.5, 0.6) is 0 Å². The molecular weight excluding hydrogens is 182 g/mol. The van der Waals surface area contributed by atoms with Crippen molar-refractivity contribution in [3.05, 3.63) is 11.8 Å². The van der Waals surface area contributed by atoms with E-state index < -0.39 is 0 Å². The molecule has 5 heteroatoms. The molecule has 1 atom stereocenters. The van der Waals surface area contributed by atoms with Crippen LogP contribution in [0.15, 0.2) is 10.6 Å². The van der Waals surface area contributed by atoms with Crippen LogP contribution in [-0.4, -0.2) is 24.7 Å². The first kappa shape index (κ1) is 10.7. The maximum atomic E-state index is 11.5. The molecular formula is C9H15N3O2. The summed E-state index contributed by atoms with van der Waals surface area (Å²) in [4.78, 5) is 11.5. The first-order chi connectivity index (χ1) is 6.63. The van der Waals surface area contributed by atoms with E-state index >= 15 is 0 Å². The lowest BCUT2D eigenvalue weighted by molar-refractivity contribution is -0.119. The van der Waals surface area contributed by atoms with Gasteiger partial charge in [0.15, 0.2) is 5.82 Å². The highest BCUT2D eigenvalue weighted by atomic mass is 16.5. The number of nitrogens with zero attached hydrogens (tertiary/aromatic N) is 1. The van der Waals surface area contributed by atoms with Crippen molar-refractivity contribution in [1.29, 1.82) is 0 Å². The number of anilines is 1. The lowest BCUT2D eigenvalue weighted by Gasteiger charge is -2.08. The predicted octanol–water partition coefficient (Wildman–Crippen LogP) is 0.777. The first-order valence-electron chi connectivity index (χ1n) is 4.52. The molecule has 0 saturated carbocycles. The van der Waals surface area contributed by atoms with Crippen molar-refractivity contribution >= 4 is 11.7 Å². The van der Waals surface area contributed by atoms with Crippen LogP contribution in [0.3, 0.4) is 0 Å². The third kappa shape index (κ3) is 2.85. The molecule has 0 radical (unpaired) electrons. The number of carbonyl (C=O) groups excluding carboxylic acids is 1. The number of rotatable bonds is 4. The van der Waals surface area contributed by atoms with Gasteiger partial charge in [0.05, 0.1) is 0 Å². The normalized spacial score (nSPS) is 12.5. The molecule has 1 rings (SSSR count). The fraction of sp³-hybridized carbons (Fsp3) is 0.556. The summed E-state index contributed by atoms with van der Waals surface area (Å²) in [6.45, 7) is 4.27. The van der Waals surface area contributed by atoms with Crippen molar-refractivity contribution in [2.24, 2.45) is 5.92 Å². The first-order valence-corrected chi connectivity index (χ1v) is 4.52. The molecule has 0 aliphatic heterocycles. The quantitative estimate of drug-likeness (QED) is 0.748. The second kappa shape index (κ2) is 4.76. The number of nitrogens with one attached hydrogen (secondary N) is 2. The van der Waals surface area contributed by atoms with Crippen molar-refractivity contribution in [2.45, 2.75) is 13.8 Å². The Labute approximate surface area is 82.8 Å². The van der Waals surface area contributed by atoms with E-state index in [9.17, 15) is 4.79 Å². The molecule has 0 spiro atoms. The van der Waals surface area contributed by atoms with Gasteiger partial charge < -0.3 is 15.2 Å². The van der Waals surface area contributed by atoms with Gasteiger partial charge in [-0.1, -0.05) is 12.1 Å². The average molecular weight is 197 g/mol. The van der Waals surface area contributed by atoms with Crippen molar-refractivity contribution in [3.63, 3.8) is 0 Å². The highest BCUT2D eigenvalue weighted by molar-refractivity contribution is 5.91. The number of aromatic nitrogens is 1. The van der Waals surface area contributed by atoms with E-state index in [2.05, 4.69) is 15.8 Å². The molecule has 78 valence electrons. The highest BCUT2D eigenvalue weighted by Gasteiger charge is 2.13. The second-order valence-corrected chi connectivity index (χ2v) is 3.27. The van der Waals surface area contributed by atoms with Crippen LogP contribution in [0.1, 0.15) is 12.7 Å². The zero-order chi connectivity index (χ0) is 10.6. The van der Waals surface area contributed by atoms with Crippen LogP contribution in [0.4, 0.5) is 5.82 Å². The number of carbonyl (C=O) groups is 1. The van der Waals surface area contributed by atoms with Crippen LogP contribution < -0.4 is 10.6 Å². The minimum atomic E-state index is -0.0861. The lowest BCUT2D eigenvalue weighted by atomic mass is 10.1. The van der Waals surface area contributed by atoms with E-state index in [1.54, 1.807) is 13.0 Å². The third-order valence-corrected chi connectivity index (χ3v) is 1.84. The Bertz CT molecular complexity index is 309. The van der Waals surface area contributed by atoms with Crippen LogP contribution in [0.25, 0.3) is 0 Å². The summed E-state index contributed by atoms with van der Waals surface area (Å²) in [7, 11) is 1.81. The van der Waals surface area contributed by atoms with Gasteiger partial charge in [-0.15, -0.1) is 0 Å². The summed E-state index contributed by atoms with van der Waals surface area (Å²) < 4.78 is 4.82. The van der Waals surface area contributed by atoms with Crippen LogP contribution in [-0.2, 0) is 4.79 Å². The molecule has 1 unspecified atom stereocenters. The van der Waals surface area contributed by atoms with Gasteiger partial charge in [0.2, 0.25) is 5.91 Å². The van der Waals surface area contributed by atoms with E-state index in [1.807, 2.05) is 14.0 Å². The molecule has 0 saturated heterocycles. The second-order valence-electron chi connectivity index (χ2n) is 3.27. The SMILES string of the molecule is CNCC(C)C(=O)Nc1cc(C)on1. The number of amides is 1. The molecule has 1 aromatic rings. The van der Waals surface area contributed by atoms with Crippen LogP contribution in [0.2, 0.25) is 0 Å². The van der Waals surface area contributed by atoms with Gasteiger partial charge >= 0.3 is 0 Å². The van der Waals surface area contributed by atoms with Crippen molar-refractivity contribution in [1.82, 2.24) is 10.5 Å². The van der Waals surface area contributed by atoms with Gasteiger partial charge in [0.25, 0.3) is 0 Å². The van der Waals surface area contributed by atoms with Crippen LogP contribution >= 0.6 is 0 Å². The lowest BCUT2D eigenvalue weighted by Crippen LogP contribution is -2.28. The Morgan fingerprint density at radius 2 is 2.43 bits per heavy atom. The van der Waals surface area contributed by atoms with Crippen molar-refractivity contribution in [2.75, 3.05) is 18.9 Å².